The van der Waals surface area contributed by atoms with Crippen LogP contribution in [0.1, 0.15) is 25.7 Å². The Labute approximate surface area is 163 Å². The van der Waals surface area contributed by atoms with Crippen molar-refractivity contribution in [1.29, 1.82) is 0 Å². The van der Waals surface area contributed by atoms with E-state index < -0.39 is 6.10 Å². The number of benzene rings is 1. The Balaban J connectivity index is 1.25. The van der Waals surface area contributed by atoms with Gasteiger partial charge in [0.15, 0.2) is 11.5 Å². The summed E-state index contributed by atoms with van der Waals surface area (Å²) in [7, 11) is 1.54. The number of rotatable bonds is 5. The standard InChI is InChI=1S/C20H23N3O5/c1-25-18-10-21-11-19(23-18)27-14-8-6-13(7-9-14)22-20(24)17-12-26-15-4-2-3-5-16(15)28-17/h2-5,10-11,13-14,17H,6-9,12H2,1H3,(H,22,24). The first-order valence-corrected chi connectivity index (χ1v) is 9.43. The summed E-state index contributed by atoms with van der Waals surface area (Å²) < 4.78 is 22.3. The van der Waals surface area contributed by atoms with Gasteiger partial charge in [0.05, 0.1) is 19.5 Å². The van der Waals surface area contributed by atoms with Crippen LogP contribution in [0.2, 0.25) is 0 Å². The Bertz CT molecular complexity index is 823. The highest BCUT2D eigenvalue weighted by molar-refractivity contribution is 5.82. The summed E-state index contributed by atoms with van der Waals surface area (Å²) >= 11 is 0. The van der Waals surface area contributed by atoms with Crippen molar-refractivity contribution in [2.45, 2.75) is 43.9 Å². The van der Waals surface area contributed by atoms with Crippen molar-refractivity contribution in [1.82, 2.24) is 15.3 Å². The molecule has 0 saturated heterocycles. The molecule has 1 aromatic carbocycles. The van der Waals surface area contributed by atoms with E-state index in [0.717, 1.165) is 25.7 Å². The molecule has 1 aromatic heterocycles. The zero-order chi connectivity index (χ0) is 19.3. The van der Waals surface area contributed by atoms with E-state index in [4.69, 9.17) is 18.9 Å². The fraction of sp³-hybridized carbons (Fsp3) is 0.450. The fourth-order valence-corrected chi connectivity index (χ4v) is 3.42. The van der Waals surface area contributed by atoms with E-state index in [0.29, 0.717) is 23.3 Å². The lowest BCUT2D eigenvalue weighted by Gasteiger charge is -2.31. The number of hydrogen-bond acceptors (Lipinski definition) is 7. The molecule has 2 heterocycles. The van der Waals surface area contributed by atoms with Gasteiger partial charge in [-0.15, -0.1) is 0 Å². The molecule has 2 aliphatic rings. The molecule has 0 bridgehead atoms. The van der Waals surface area contributed by atoms with E-state index in [1.807, 2.05) is 18.2 Å². The number of ether oxygens (including phenoxy) is 4. The number of methoxy groups -OCH3 is 1. The van der Waals surface area contributed by atoms with Crippen molar-refractivity contribution in [3.8, 4) is 23.3 Å². The van der Waals surface area contributed by atoms with Crippen LogP contribution in [0, 0.1) is 0 Å². The highest BCUT2D eigenvalue weighted by atomic mass is 16.6. The van der Waals surface area contributed by atoms with E-state index in [1.165, 1.54) is 6.20 Å². The fourth-order valence-electron chi connectivity index (χ4n) is 3.42. The number of nitrogens with one attached hydrogen (secondary N) is 1. The van der Waals surface area contributed by atoms with Crippen LogP contribution in [0.25, 0.3) is 0 Å². The normalized spacial score (nSPS) is 23.5. The Morgan fingerprint density at radius 1 is 1.11 bits per heavy atom. The summed E-state index contributed by atoms with van der Waals surface area (Å²) in [5.74, 6) is 2.01. The lowest BCUT2D eigenvalue weighted by Crippen LogP contribution is -2.49. The highest BCUT2D eigenvalue weighted by Crippen LogP contribution is 2.31. The lowest BCUT2D eigenvalue weighted by atomic mass is 9.93. The van der Waals surface area contributed by atoms with Crippen LogP contribution in [0.3, 0.4) is 0 Å². The SMILES string of the molecule is COc1cncc(OC2CCC(NC(=O)C3COc4ccccc4O3)CC2)n1. The third-order valence-electron chi connectivity index (χ3n) is 4.91. The molecular formula is C20H23N3O5. The number of nitrogens with zero attached hydrogens (tertiary/aromatic N) is 2. The van der Waals surface area contributed by atoms with Crippen molar-refractivity contribution in [3.63, 3.8) is 0 Å². The summed E-state index contributed by atoms with van der Waals surface area (Å²) in [4.78, 5) is 20.8. The molecule has 1 unspecified atom stereocenters. The second kappa shape index (κ2) is 8.33. The summed E-state index contributed by atoms with van der Waals surface area (Å²) in [5, 5.41) is 3.07. The maximum Gasteiger partial charge on any atom is 0.264 e. The van der Waals surface area contributed by atoms with Crippen molar-refractivity contribution in [2.75, 3.05) is 13.7 Å². The van der Waals surface area contributed by atoms with Gasteiger partial charge in [-0.3, -0.25) is 9.78 Å². The number of aromatic nitrogens is 2. The summed E-state index contributed by atoms with van der Waals surface area (Å²) in [6.45, 7) is 0.218. The average Bonchev–Trinajstić information content (AvgIpc) is 2.75. The topological polar surface area (TPSA) is 91.8 Å². The van der Waals surface area contributed by atoms with E-state index in [1.54, 1.807) is 19.4 Å². The second-order valence-corrected chi connectivity index (χ2v) is 6.86. The van der Waals surface area contributed by atoms with E-state index in [2.05, 4.69) is 15.3 Å². The summed E-state index contributed by atoms with van der Waals surface area (Å²) in [5.41, 5.74) is 0. The van der Waals surface area contributed by atoms with Crippen molar-refractivity contribution >= 4 is 5.91 Å². The van der Waals surface area contributed by atoms with Gasteiger partial charge in [-0.2, -0.15) is 4.98 Å². The molecule has 0 radical (unpaired) electrons. The predicted octanol–water partition coefficient (Wildman–Crippen LogP) is 2.13. The van der Waals surface area contributed by atoms with Gasteiger partial charge in [0.1, 0.15) is 12.7 Å². The third-order valence-corrected chi connectivity index (χ3v) is 4.91. The molecule has 4 rings (SSSR count). The average molecular weight is 385 g/mol. The van der Waals surface area contributed by atoms with Gasteiger partial charge in [-0.05, 0) is 37.8 Å². The molecule has 1 fully saturated rings. The van der Waals surface area contributed by atoms with Gasteiger partial charge >= 0.3 is 0 Å². The van der Waals surface area contributed by atoms with Crippen LogP contribution in [0.4, 0.5) is 0 Å². The molecule has 1 saturated carbocycles. The molecule has 8 nitrogen and oxygen atoms in total. The zero-order valence-electron chi connectivity index (χ0n) is 15.7. The highest BCUT2D eigenvalue weighted by Gasteiger charge is 2.30. The quantitative estimate of drug-likeness (QED) is 0.843. The number of hydrogen-bond donors (Lipinski definition) is 1. The molecule has 1 N–H and O–H groups in total. The molecule has 1 atom stereocenters. The van der Waals surface area contributed by atoms with Crippen LogP contribution in [0.15, 0.2) is 36.7 Å². The van der Waals surface area contributed by atoms with Gasteiger partial charge < -0.3 is 24.3 Å². The molecule has 1 aliphatic heterocycles. The van der Waals surface area contributed by atoms with Gasteiger partial charge in [0.2, 0.25) is 17.9 Å². The van der Waals surface area contributed by atoms with Gasteiger partial charge in [0.25, 0.3) is 5.91 Å². The monoisotopic (exact) mass is 385 g/mol. The Hall–Kier alpha value is -3.03. The number of para-hydroxylation sites is 2. The number of fused-ring (bicyclic) bond motifs is 1. The van der Waals surface area contributed by atoms with Gasteiger partial charge in [-0.25, -0.2) is 0 Å². The molecule has 1 aliphatic carbocycles. The largest absolute Gasteiger partial charge is 0.485 e. The molecule has 8 heteroatoms. The van der Waals surface area contributed by atoms with Gasteiger partial charge in [0, 0.05) is 6.04 Å². The minimum Gasteiger partial charge on any atom is -0.485 e. The van der Waals surface area contributed by atoms with Crippen molar-refractivity contribution < 1.29 is 23.7 Å². The minimum absolute atomic E-state index is 0.0516. The van der Waals surface area contributed by atoms with Crippen LogP contribution in [-0.4, -0.2) is 47.8 Å². The van der Waals surface area contributed by atoms with Crippen LogP contribution in [0.5, 0.6) is 23.3 Å². The third kappa shape index (κ3) is 4.27. The molecule has 148 valence electrons. The minimum atomic E-state index is -0.629. The molecule has 2 aromatic rings. The molecule has 28 heavy (non-hydrogen) atoms. The van der Waals surface area contributed by atoms with Crippen LogP contribution in [-0.2, 0) is 4.79 Å². The first-order chi connectivity index (χ1) is 13.7. The Morgan fingerprint density at radius 2 is 1.86 bits per heavy atom. The van der Waals surface area contributed by atoms with Gasteiger partial charge in [-0.1, -0.05) is 12.1 Å². The van der Waals surface area contributed by atoms with Crippen molar-refractivity contribution in [2.24, 2.45) is 0 Å². The Kier molecular flexibility index (Phi) is 5.45. The van der Waals surface area contributed by atoms with Crippen molar-refractivity contribution in [3.05, 3.63) is 36.7 Å². The smallest absolute Gasteiger partial charge is 0.264 e. The molecular weight excluding hydrogens is 362 g/mol. The Morgan fingerprint density at radius 3 is 2.64 bits per heavy atom. The molecule has 0 spiro atoms. The predicted molar refractivity (Wildman–Crippen MR) is 99.8 cm³/mol. The van der Waals surface area contributed by atoms with E-state index in [-0.39, 0.29) is 24.7 Å². The van der Waals surface area contributed by atoms with E-state index in [9.17, 15) is 4.79 Å². The van der Waals surface area contributed by atoms with Crippen LogP contribution < -0.4 is 24.3 Å². The second-order valence-electron chi connectivity index (χ2n) is 6.86. The van der Waals surface area contributed by atoms with E-state index >= 15 is 0 Å². The number of carbonyl (C=O) groups is 1. The zero-order valence-corrected chi connectivity index (χ0v) is 15.7. The maximum atomic E-state index is 12.5. The summed E-state index contributed by atoms with van der Waals surface area (Å²) in [6.07, 6.45) is 5.86. The molecule has 1 amide bonds. The lowest BCUT2D eigenvalue weighted by molar-refractivity contribution is -0.131. The summed E-state index contributed by atoms with van der Waals surface area (Å²) in [6, 6.07) is 7.47. The maximum absolute atomic E-state index is 12.5. The first kappa shape index (κ1) is 18.3. The number of carbonyl (C=O) groups excluding carboxylic acids is 1. The number of amides is 1. The first-order valence-electron chi connectivity index (χ1n) is 9.43. The van der Waals surface area contributed by atoms with Crippen LogP contribution >= 0.6 is 0 Å².